The van der Waals surface area contributed by atoms with Crippen molar-refractivity contribution in [2.24, 2.45) is 0 Å². The fourth-order valence-electron chi connectivity index (χ4n) is 3.34. The summed E-state index contributed by atoms with van der Waals surface area (Å²) in [5.74, 6) is 0.703. The third kappa shape index (κ3) is 2.79. The summed E-state index contributed by atoms with van der Waals surface area (Å²) in [7, 11) is 0. The predicted octanol–water partition coefficient (Wildman–Crippen LogP) is 2.40. The number of rotatable bonds is 5. The van der Waals surface area contributed by atoms with Gasteiger partial charge in [-0.2, -0.15) is 0 Å². The van der Waals surface area contributed by atoms with Crippen LogP contribution in [-0.4, -0.2) is 43.0 Å². The van der Waals surface area contributed by atoms with E-state index in [-0.39, 0.29) is 11.9 Å². The molecule has 0 aromatic heterocycles. The van der Waals surface area contributed by atoms with Crippen LogP contribution >= 0.6 is 0 Å². The highest BCUT2D eigenvalue weighted by molar-refractivity contribution is 5.84. The maximum Gasteiger partial charge on any atom is 0.163 e. The first kappa shape index (κ1) is 13.8. The molecule has 0 bridgehead atoms. The lowest BCUT2D eigenvalue weighted by atomic mass is 9.74. The van der Waals surface area contributed by atoms with Gasteiger partial charge in [-0.15, -0.1) is 0 Å². The average Bonchev–Trinajstić information content (AvgIpc) is 2.45. The second-order valence-electron chi connectivity index (χ2n) is 5.93. The quantitative estimate of drug-likeness (QED) is 0.825. The SMILES string of the molecule is CCCN1CCOC(C(=O)CC2Cc3ccccc32)C1. The van der Waals surface area contributed by atoms with Gasteiger partial charge in [0.25, 0.3) is 0 Å². The highest BCUT2D eigenvalue weighted by Gasteiger charge is 2.32. The Morgan fingerprint density at radius 1 is 1.40 bits per heavy atom. The zero-order valence-corrected chi connectivity index (χ0v) is 12.2. The van der Waals surface area contributed by atoms with Crippen LogP contribution in [-0.2, 0) is 16.0 Å². The highest BCUT2D eigenvalue weighted by atomic mass is 16.5. The van der Waals surface area contributed by atoms with Gasteiger partial charge in [-0.05, 0) is 36.4 Å². The number of benzene rings is 1. The molecule has 3 nitrogen and oxygen atoms in total. The van der Waals surface area contributed by atoms with Crippen LogP contribution in [0, 0.1) is 0 Å². The Bertz CT molecular complexity index is 484. The fraction of sp³-hybridized carbons (Fsp3) is 0.588. The monoisotopic (exact) mass is 273 g/mol. The first-order valence-corrected chi connectivity index (χ1v) is 7.72. The minimum Gasteiger partial charge on any atom is -0.368 e. The number of carbonyl (C=O) groups is 1. The van der Waals surface area contributed by atoms with Gasteiger partial charge in [0, 0.05) is 19.5 Å². The van der Waals surface area contributed by atoms with Crippen LogP contribution in [0.2, 0.25) is 0 Å². The molecule has 0 amide bonds. The summed E-state index contributed by atoms with van der Waals surface area (Å²) in [6.45, 7) is 5.68. The van der Waals surface area contributed by atoms with Gasteiger partial charge in [0.2, 0.25) is 0 Å². The molecular formula is C17H23NO2. The van der Waals surface area contributed by atoms with Gasteiger partial charge in [-0.25, -0.2) is 0 Å². The summed E-state index contributed by atoms with van der Waals surface area (Å²) >= 11 is 0. The Morgan fingerprint density at radius 2 is 2.25 bits per heavy atom. The van der Waals surface area contributed by atoms with Crippen LogP contribution in [0.4, 0.5) is 0 Å². The van der Waals surface area contributed by atoms with E-state index in [2.05, 4.69) is 36.1 Å². The Kier molecular flexibility index (Phi) is 4.18. The normalized spacial score (nSPS) is 25.9. The Balaban J connectivity index is 1.55. The molecule has 1 fully saturated rings. The number of morpholine rings is 1. The minimum absolute atomic E-state index is 0.205. The van der Waals surface area contributed by atoms with Gasteiger partial charge < -0.3 is 4.74 Å². The molecule has 1 saturated heterocycles. The van der Waals surface area contributed by atoms with E-state index in [1.807, 2.05) is 0 Å². The van der Waals surface area contributed by atoms with Crippen molar-refractivity contribution < 1.29 is 9.53 Å². The maximum atomic E-state index is 12.4. The third-order valence-electron chi connectivity index (χ3n) is 4.46. The van der Waals surface area contributed by atoms with Gasteiger partial charge in [-0.3, -0.25) is 9.69 Å². The molecule has 0 saturated carbocycles. The molecule has 3 rings (SSSR count). The molecule has 1 heterocycles. The summed E-state index contributed by atoms with van der Waals surface area (Å²) in [6.07, 6.45) is 2.62. The minimum atomic E-state index is -0.205. The van der Waals surface area contributed by atoms with Crippen LogP contribution in [0.3, 0.4) is 0 Å². The van der Waals surface area contributed by atoms with E-state index in [1.54, 1.807) is 0 Å². The van der Waals surface area contributed by atoms with E-state index < -0.39 is 0 Å². The zero-order chi connectivity index (χ0) is 13.9. The smallest absolute Gasteiger partial charge is 0.163 e. The molecule has 3 heteroatoms. The molecule has 2 atom stereocenters. The van der Waals surface area contributed by atoms with Crippen LogP contribution in [0.5, 0.6) is 0 Å². The summed E-state index contributed by atoms with van der Waals surface area (Å²) in [5.41, 5.74) is 2.77. The van der Waals surface area contributed by atoms with Crippen molar-refractivity contribution in [2.45, 2.75) is 38.2 Å². The Morgan fingerprint density at radius 3 is 3.05 bits per heavy atom. The van der Waals surface area contributed by atoms with Gasteiger partial charge in [0.15, 0.2) is 5.78 Å². The lowest BCUT2D eigenvalue weighted by Crippen LogP contribution is -2.46. The molecule has 108 valence electrons. The van der Waals surface area contributed by atoms with Crippen LogP contribution < -0.4 is 0 Å². The first-order valence-electron chi connectivity index (χ1n) is 7.72. The van der Waals surface area contributed by atoms with Crippen molar-refractivity contribution in [3.63, 3.8) is 0 Å². The van der Waals surface area contributed by atoms with Crippen LogP contribution in [0.25, 0.3) is 0 Å². The zero-order valence-electron chi connectivity index (χ0n) is 12.2. The van der Waals surface area contributed by atoms with Crippen molar-refractivity contribution in [3.05, 3.63) is 35.4 Å². The van der Waals surface area contributed by atoms with E-state index >= 15 is 0 Å². The van der Waals surface area contributed by atoms with Crippen molar-refractivity contribution in [3.8, 4) is 0 Å². The Labute approximate surface area is 120 Å². The second kappa shape index (κ2) is 6.06. The van der Waals surface area contributed by atoms with Gasteiger partial charge in [-0.1, -0.05) is 31.2 Å². The number of nitrogens with zero attached hydrogens (tertiary/aromatic N) is 1. The number of hydrogen-bond acceptors (Lipinski definition) is 3. The summed E-state index contributed by atoms with van der Waals surface area (Å²) in [4.78, 5) is 14.8. The number of ketones is 1. The topological polar surface area (TPSA) is 29.5 Å². The predicted molar refractivity (Wildman–Crippen MR) is 79.0 cm³/mol. The van der Waals surface area contributed by atoms with Gasteiger partial charge >= 0.3 is 0 Å². The molecule has 0 N–H and O–H groups in total. The molecule has 2 unspecified atom stereocenters. The van der Waals surface area contributed by atoms with Gasteiger partial charge in [0.1, 0.15) is 6.10 Å². The van der Waals surface area contributed by atoms with Crippen LogP contribution in [0.1, 0.15) is 36.8 Å². The average molecular weight is 273 g/mol. The van der Waals surface area contributed by atoms with Crippen molar-refractivity contribution >= 4 is 5.78 Å². The number of ether oxygens (including phenoxy) is 1. The number of carbonyl (C=O) groups excluding carboxylic acids is 1. The standard InChI is InChI=1S/C17H23NO2/c1-2-7-18-8-9-20-17(12-18)16(19)11-14-10-13-5-3-4-6-15(13)14/h3-6,14,17H,2,7-12H2,1H3. The second-order valence-corrected chi connectivity index (χ2v) is 5.93. The summed E-state index contributed by atoms with van der Waals surface area (Å²) < 4.78 is 5.68. The molecule has 1 aromatic rings. The van der Waals surface area contributed by atoms with E-state index in [9.17, 15) is 4.79 Å². The summed E-state index contributed by atoms with van der Waals surface area (Å²) in [6, 6.07) is 8.46. The number of hydrogen-bond donors (Lipinski definition) is 0. The fourth-order valence-corrected chi connectivity index (χ4v) is 3.34. The maximum absolute atomic E-state index is 12.4. The number of Topliss-reactive ketones (excluding diaryl/α,β-unsaturated/α-hetero) is 1. The Hall–Kier alpha value is -1.19. The lowest BCUT2D eigenvalue weighted by molar-refractivity contribution is -0.136. The molecule has 20 heavy (non-hydrogen) atoms. The summed E-state index contributed by atoms with van der Waals surface area (Å²) in [5, 5.41) is 0. The van der Waals surface area contributed by atoms with E-state index in [0.29, 0.717) is 18.9 Å². The molecule has 0 spiro atoms. The van der Waals surface area contributed by atoms with Crippen molar-refractivity contribution in [1.82, 2.24) is 4.90 Å². The van der Waals surface area contributed by atoms with E-state index in [4.69, 9.17) is 4.74 Å². The number of fused-ring (bicyclic) bond motifs is 1. The molecule has 0 radical (unpaired) electrons. The van der Waals surface area contributed by atoms with Crippen molar-refractivity contribution in [1.29, 1.82) is 0 Å². The van der Waals surface area contributed by atoms with Crippen LogP contribution in [0.15, 0.2) is 24.3 Å². The largest absolute Gasteiger partial charge is 0.368 e. The lowest BCUT2D eigenvalue weighted by Gasteiger charge is -2.34. The third-order valence-corrected chi connectivity index (χ3v) is 4.46. The van der Waals surface area contributed by atoms with Gasteiger partial charge in [0.05, 0.1) is 6.61 Å². The molecule has 2 aliphatic rings. The molecule has 1 aliphatic heterocycles. The van der Waals surface area contributed by atoms with E-state index in [1.165, 1.54) is 11.1 Å². The molecular weight excluding hydrogens is 250 g/mol. The van der Waals surface area contributed by atoms with Crippen molar-refractivity contribution in [2.75, 3.05) is 26.2 Å². The molecule has 1 aliphatic carbocycles. The van der Waals surface area contributed by atoms with E-state index in [0.717, 1.165) is 32.5 Å². The first-order chi connectivity index (χ1) is 9.78. The highest BCUT2D eigenvalue weighted by Crippen LogP contribution is 2.37. The molecule has 1 aromatic carbocycles.